The number of hydrogen-bond donors (Lipinski definition) is 1. The number of aromatic nitrogens is 2. The van der Waals surface area contributed by atoms with Gasteiger partial charge in [-0.2, -0.15) is 5.10 Å². The van der Waals surface area contributed by atoms with Crippen molar-refractivity contribution in [1.29, 1.82) is 0 Å². The Morgan fingerprint density at radius 2 is 2.16 bits per heavy atom. The van der Waals surface area contributed by atoms with Gasteiger partial charge in [-0.1, -0.05) is 27.7 Å². The second kappa shape index (κ2) is 4.00. The van der Waals surface area contributed by atoms with Gasteiger partial charge in [0.25, 0.3) is 0 Å². The molecule has 1 aromatic heterocycles. The van der Waals surface area contributed by atoms with Gasteiger partial charge in [0.1, 0.15) is 0 Å². The molecule has 0 spiro atoms. The van der Waals surface area contributed by atoms with Crippen molar-refractivity contribution in [3.63, 3.8) is 0 Å². The predicted molar refractivity (Wildman–Crippen MR) is 79.2 cm³/mol. The van der Waals surface area contributed by atoms with Crippen LogP contribution in [0.25, 0.3) is 0 Å². The van der Waals surface area contributed by atoms with Crippen molar-refractivity contribution in [2.24, 2.45) is 23.8 Å². The molecule has 2 bridgehead atoms. The molecule has 2 saturated carbocycles. The molecule has 19 heavy (non-hydrogen) atoms. The van der Waals surface area contributed by atoms with Crippen LogP contribution in [-0.2, 0) is 13.5 Å². The summed E-state index contributed by atoms with van der Waals surface area (Å²) in [6, 6.07) is 0.607. The van der Waals surface area contributed by atoms with Crippen LogP contribution >= 0.6 is 0 Å². The molecule has 3 heteroatoms. The van der Waals surface area contributed by atoms with E-state index in [1.165, 1.54) is 30.6 Å². The van der Waals surface area contributed by atoms with Crippen LogP contribution in [0.1, 0.15) is 52.7 Å². The minimum absolute atomic E-state index is 0.429. The van der Waals surface area contributed by atoms with Crippen molar-refractivity contribution in [2.75, 3.05) is 5.32 Å². The van der Waals surface area contributed by atoms with E-state index in [2.05, 4.69) is 44.3 Å². The molecule has 2 aliphatic rings. The molecule has 1 N–H and O–H groups in total. The van der Waals surface area contributed by atoms with Crippen LogP contribution < -0.4 is 5.32 Å². The van der Waals surface area contributed by atoms with E-state index in [1.54, 1.807) is 0 Å². The third-order valence-electron chi connectivity index (χ3n) is 6.36. The monoisotopic (exact) mass is 261 g/mol. The molecule has 1 heterocycles. The van der Waals surface area contributed by atoms with Crippen molar-refractivity contribution in [1.82, 2.24) is 9.78 Å². The maximum absolute atomic E-state index is 4.55. The molecule has 0 saturated heterocycles. The molecular weight excluding hydrogens is 234 g/mol. The van der Waals surface area contributed by atoms with Crippen molar-refractivity contribution in [3.8, 4) is 0 Å². The molecule has 3 unspecified atom stereocenters. The van der Waals surface area contributed by atoms with E-state index in [9.17, 15) is 0 Å². The van der Waals surface area contributed by atoms with Crippen LogP contribution in [0, 0.1) is 16.7 Å². The summed E-state index contributed by atoms with van der Waals surface area (Å²) in [6.07, 6.45) is 7.24. The van der Waals surface area contributed by atoms with E-state index in [0.717, 1.165) is 12.3 Å². The highest BCUT2D eigenvalue weighted by Crippen LogP contribution is 2.65. The normalized spacial score (nSPS) is 35.8. The standard InChI is InChI=1S/C16H27N3/c1-6-12-13(10-19(5)18-12)17-14-9-11-7-8-16(14,4)15(11,2)3/h10-11,14,17H,6-9H2,1-5H3. The van der Waals surface area contributed by atoms with Gasteiger partial charge in [-0.15, -0.1) is 0 Å². The van der Waals surface area contributed by atoms with Gasteiger partial charge < -0.3 is 5.32 Å². The Hall–Kier alpha value is -0.990. The molecule has 0 amide bonds. The number of anilines is 1. The number of fused-ring (bicyclic) bond motifs is 2. The zero-order valence-electron chi connectivity index (χ0n) is 13.0. The van der Waals surface area contributed by atoms with Gasteiger partial charge >= 0.3 is 0 Å². The van der Waals surface area contributed by atoms with Gasteiger partial charge in [-0.3, -0.25) is 4.68 Å². The second-order valence-corrected chi connectivity index (χ2v) is 7.32. The molecule has 0 radical (unpaired) electrons. The summed E-state index contributed by atoms with van der Waals surface area (Å²) in [4.78, 5) is 0. The van der Waals surface area contributed by atoms with E-state index in [1.807, 2.05) is 11.7 Å². The highest BCUT2D eigenvalue weighted by Gasteiger charge is 2.61. The van der Waals surface area contributed by atoms with Gasteiger partial charge in [0, 0.05) is 19.3 Å². The topological polar surface area (TPSA) is 29.9 Å². The lowest BCUT2D eigenvalue weighted by Gasteiger charge is -2.39. The van der Waals surface area contributed by atoms with Crippen molar-refractivity contribution in [3.05, 3.63) is 11.9 Å². The SMILES string of the molecule is CCc1nn(C)cc1NC1CC2CCC1(C)C2(C)C. The van der Waals surface area contributed by atoms with Crippen molar-refractivity contribution < 1.29 is 0 Å². The first-order chi connectivity index (χ1) is 8.88. The zero-order valence-corrected chi connectivity index (χ0v) is 13.0. The molecule has 2 fully saturated rings. The zero-order chi connectivity index (χ0) is 13.8. The van der Waals surface area contributed by atoms with Crippen LogP contribution in [0.4, 0.5) is 5.69 Å². The third kappa shape index (κ3) is 1.66. The summed E-state index contributed by atoms with van der Waals surface area (Å²) >= 11 is 0. The molecule has 0 aromatic carbocycles. The summed E-state index contributed by atoms with van der Waals surface area (Å²) in [5.74, 6) is 0.886. The fourth-order valence-corrected chi connectivity index (χ4v) is 4.53. The fourth-order valence-electron chi connectivity index (χ4n) is 4.53. The Morgan fingerprint density at radius 3 is 2.68 bits per heavy atom. The van der Waals surface area contributed by atoms with E-state index in [-0.39, 0.29) is 0 Å². The first kappa shape index (κ1) is 13.0. The average Bonchev–Trinajstić information content (AvgIpc) is 2.87. The van der Waals surface area contributed by atoms with Crippen molar-refractivity contribution in [2.45, 2.75) is 59.4 Å². The molecule has 3 atom stereocenters. The van der Waals surface area contributed by atoms with Crippen LogP contribution in [0.2, 0.25) is 0 Å². The first-order valence-electron chi connectivity index (χ1n) is 7.67. The summed E-state index contributed by atoms with van der Waals surface area (Å²) in [6.45, 7) is 9.60. The molecule has 3 nitrogen and oxygen atoms in total. The summed E-state index contributed by atoms with van der Waals surface area (Å²) in [7, 11) is 2.01. The predicted octanol–water partition coefficient (Wildman–Crippen LogP) is 3.61. The number of rotatable bonds is 3. The Balaban J connectivity index is 1.85. The van der Waals surface area contributed by atoms with E-state index >= 15 is 0 Å². The Bertz CT molecular complexity index is 488. The van der Waals surface area contributed by atoms with E-state index in [4.69, 9.17) is 0 Å². The van der Waals surface area contributed by atoms with Crippen LogP contribution in [0.3, 0.4) is 0 Å². The smallest absolute Gasteiger partial charge is 0.0853 e. The Kier molecular flexibility index (Phi) is 2.74. The van der Waals surface area contributed by atoms with Crippen LogP contribution in [-0.4, -0.2) is 15.8 Å². The highest BCUT2D eigenvalue weighted by molar-refractivity contribution is 5.48. The summed E-state index contributed by atoms with van der Waals surface area (Å²) in [5, 5.41) is 8.37. The molecule has 1 aromatic rings. The molecule has 3 rings (SSSR count). The van der Waals surface area contributed by atoms with Gasteiger partial charge in [-0.25, -0.2) is 0 Å². The summed E-state index contributed by atoms with van der Waals surface area (Å²) < 4.78 is 1.93. The van der Waals surface area contributed by atoms with Crippen LogP contribution in [0.5, 0.6) is 0 Å². The number of nitrogens with one attached hydrogen (secondary N) is 1. The number of aryl methyl sites for hydroxylation is 2. The molecular formula is C16H27N3. The van der Waals surface area contributed by atoms with E-state index < -0.39 is 0 Å². The third-order valence-corrected chi connectivity index (χ3v) is 6.36. The Labute approximate surface area is 116 Å². The summed E-state index contributed by atoms with van der Waals surface area (Å²) in [5.41, 5.74) is 3.35. The second-order valence-electron chi connectivity index (χ2n) is 7.32. The average molecular weight is 261 g/mol. The molecule has 2 aliphatic carbocycles. The van der Waals surface area contributed by atoms with Gasteiger partial charge in [0.2, 0.25) is 0 Å². The maximum atomic E-state index is 4.55. The highest BCUT2D eigenvalue weighted by atomic mass is 15.3. The quantitative estimate of drug-likeness (QED) is 0.901. The lowest BCUT2D eigenvalue weighted by atomic mass is 9.69. The van der Waals surface area contributed by atoms with Crippen LogP contribution in [0.15, 0.2) is 6.20 Å². The fraction of sp³-hybridized carbons (Fsp3) is 0.812. The largest absolute Gasteiger partial charge is 0.379 e. The molecule has 0 aliphatic heterocycles. The first-order valence-corrected chi connectivity index (χ1v) is 7.67. The number of nitrogens with zero attached hydrogens (tertiary/aromatic N) is 2. The lowest BCUT2D eigenvalue weighted by Crippen LogP contribution is -2.40. The van der Waals surface area contributed by atoms with Gasteiger partial charge in [-0.05, 0) is 42.4 Å². The minimum Gasteiger partial charge on any atom is -0.379 e. The lowest BCUT2D eigenvalue weighted by molar-refractivity contribution is 0.142. The van der Waals surface area contributed by atoms with E-state index in [0.29, 0.717) is 16.9 Å². The maximum Gasteiger partial charge on any atom is 0.0853 e. The Morgan fingerprint density at radius 1 is 1.42 bits per heavy atom. The van der Waals surface area contributed by atoms with Gasteiger partial charge in [0.05, 0.1) is 11.4 Å². The van der Waals surface area contributed by atoms with Gasteiger partial charge in [0.15, 0.2) is 0 Å². The molecule has 106 valence electrons. The minimum atomic E-state index is 0.429. The van der Waals surface area contributed by atoms with Crippen molar-refractivity contribution >= 4 is 5.69 Å². The number of hydrogen-bond acceptors (Lipinski definition) is 2.